The molecular weight excluding hydrogens is 264 g/mol. The lowest BCUT2D eigenvalue weighted by Gasteiger charge is -1.99. The third kappa shape index (κ3) is 2.13. The smallest absolute Gasteiger partial charge is 0.242 e. The molecular formula is C8H9BrN4S. The van der Waals surface area contributed by atoms with Crippen LogP contribution in [-0.2, 0) is 13.6 Å². The number of rotatable bonds is 3. The van der Waals surface area contributed by atoms with E-state index >= 15 is 0 Å². The van der Waals surface area contributed by atoms with E-state index in [1.54, 1.807) is 22.3 Å². The van der Waals surface area contributed by atoms with Crippen molar-refractivity contribution in [3.05, 3.63) is 27.1 Å². The van der Waals surface area contributed by atoms with E-state index in [1.165, 1.54) is 4.88 Å². The van der Waals surface area contributed by atoms with Crippen molar-refractivity contribution in [1.82, 2.24) is 14.8 Å². The zero-order chi connectivity index (χ0) is 9.97. The quantitative estimate of drug-likeness (QED) is 0.932. The number of hydrogen-bond acceptors (Lipinski definition) is 4. The Labute approximate surface area is 94.1 Å². The van der Waals surface area contributed by atoms with Crippen molar-refractivity contribution in [2.24, 2.45) is 7.05 Å². The number of aromatic nitrogens is 3. The first-order valence-electron chi connectivity index (χ1n) is 4.07. The van der Waals surface area contributed by atoms with Gasteiger partial charge in [-0.05, 0) is 27.4 Å². The fourth-order valence-corrected chi connectivity index (χ4v) is 2.46. The number of nitrogens with one attached hydrogen (secondary N) is 1. The van der Waals surface area contributed by atoms with Crippen LogP contribution in [0.3, 0.4) is 0 Å². The van der Waals surface area contributed by atoms with Crippen molar-refractivity contribution in [3.63, 3.8) is 0 Å². The van der Waals surface area contributed by atoms with Gasteiger partial charge in [-0.2, -0.15) is 0 Å². The van der Waals surface area contributed by atoms with Crippen LogP contribution in [0.1, 0.15) is 4.88 Å². The maximum absolute atomic E-state index is 4.12. The van der Waals surface area contributed by atoms with Gasteiger partial charge in [0, 0.05) is 16.4 Å². The number of halogens is 1. The zero-order valence-corrected chi connectivity index (χ0v) is 9.97. The monoisotopic (exact) mass is 272 g/mol. The average molecular weight is 273 g/mol. The Kier molecular flexibility index (Phi) is 2.83. The first-order chi connectivity index (χ1) is 6.75. The second-order valence-corrected chi connectivity index (χ2v) is 4.64. The second-order valence-electron chi connectivity index (χ2n) is 2.79. The first kappa shape index (κ1) is 9.67. The molecule has 2 aromatic rings. The Balaban J connectivity index is 1.98. The van der Waals surface area contributed by atoms with Gasteiger partial charge in [0.15, 0.2) is 0 Å². The van der Waals surface area contributed by atoms with Gasteiger partial charge >= 0.3 is 0 Å². The van der Waals surface area contributed by atoms with E-state index < -0.39 is 0 Å². The van der Waals surface area contributed by atoms with Crippen LogP contribution in [0, 0.1) is 0 Å². The number of thiophene rings is 1. The highest BCUT2D eigenvalue weighted by atomic mass is 79.9. The fraction of sp³-hybridized carbons (Fsp3) is 0.250. The van der Waals surface area contributed by atoms with Crippen LogP contribution in [0.5, 0.6) is 0 Å². The average Bonchev–Trinajstić information content (AvgIpc) is 2.72. The minimum atomic E-state index is 0.660. The van der Waals surface area contributed by atoms with E-state index in [-0.39, 0.29) is 0 Å². The van der Waals surface area contributed by atoms with Gasteiger partial charge in [0.05, 0.1) is 6.54 Å². The topological polar surface area (TPSA) is 42.7 Å². The molecule has 14 heavy (non-hydrogen) atoms. The van der Waals surface area contributed by atoms with E-state index in [2.05, 4.69) is 31.3 Å². The zero-order valence-electron chi connectivity index (χ0n) is 7.57. The molecule has 0 bridgehead atoms. The predicted octanol–water partition coefficient (Wildman–Crippen LogP) is 2.25. The van der Waals surface area contributed by atoms with Crippen LogP contribution in [0.15, 0.2) is 22.2 Å². The van der Waals surface area contributed by atoms with Crippen molar-refractivity contribution in [2.45, 2.75) is 6.54 Å². The van der Waals surface area contributed by atoms with Gasteiger partial charge in [0.1, 0.15) is 6.33 Å². The summed E-state index contributed by atoms with van der Waals surface area (Å²) in [5.74, 6) is 0.660. The van der Waals surface area contributed by atoms with Gasteiger partial charge < -0.3 is 5.32 Å². The molecule has 0 saturated carbocycles. The first-order valence-corrected chi connectivity index (χ1v) is 5.74. The molecule has 6 heteroatoms. The molecule has 0 radical (unpaired) electrons. The van der Waals surface area contributed by atoms with Crippen LogP contribution in [0.4, 0.5) is 5.95 Å². The van der Waals surface area contributed by atoms with Gasteiger partial charge in [-0.3, -0.25) is 4.68 Å². The summed E-state index contributed by atoms with van der Waals surface area (Å²) in [5.41, 5.74) is 0. The molecule has 0 aliphatic rings. The third-order valence-corrected chi connectivity index (χ3v) is 3.62. The van der Waals surface area contributed by atoms with Crippen LogP contribution >= 0.6 is 27.3 Å². The minimum Gasteiger partial charge on any atom is -0.348 e. The molecule has 0 aromatic carbocycles. The molecule has 0 aliphatic heterocycles. The lowest BCUT2D eigenvalue weighted by Crippen LogP contribution is -2.00. The Morgan fingerprint density at radius 1 is 1.64 bits per heavy atom. The van der Waals surface area contributed by atoms with Crippen LogP contribution in [0.2, 0.25) is 0 Å². The molecule has 0 unspecified atom stereocenters. The fourth-order valence-electron chi connectivity index (χ4n) is 1.03. The Hall–Kier alpha value is -0.880. The van der Waals surface area contributed by atoms with Gasteiger partial charge in [-0.1, -0.05) is 0 Å². The van der Waals surface area contributed by atoms with Gasteiger partial charge in [0.25, 0.3) is 0 Å². The summed E-state index contributed by atoms with van der Waals surface area (Å²) < 4.78 is 2.80. The molecule has 0 atom stereocenters. The molecule has 0 saturated heterocycles. The molecule has 0 fully saturated rings. The maximum atomic E-state index is 4.12. The summed E-state index contributed by atoms with van der Waals surface area (Å²) in [6.07, 6.45) is 1.67. The summed E-state index contributed by atoms with van der Waals surface area (Å²) in [6, 6.07) is 2.04. The largest absolute Gasteiger partial charge is 0.348 e. The van der Waals surface area contributed by atoms with Crippen LogP contribution in [0.25, 0.3) is 0 Å². The molecule has 0 aliphatic carbocycles. The minimum absolute atomic E-state index is 0.660. The van der Waals surface area contributed by atoms with E-state index in [4.69, 9.17) is 0 Å². The lowest BCUT2D eigenvalue weighted by atomic mass is 10.5. The second kappa shape index (κ2) is 4.10. The van der Waals surface area contributed by atoms with E-state index in [1.807, 2.05) is 18.5 Å². The van der Waals surface area contributed by atoms with Gasteiger partial charge in [-0.25, -0.2) is 4.98 Å². The third-order valence-electron chi connectivity index (χ3n) is 1.70. The molecule has 2 aromatic heterocycles. The summed E-state index contributed by atoms with van der Waals surface area (Å²) in [6.45, 7) is 0.752. The number of hydrogen-bond donors (Lipinski definition) is 1. The summed E-state index contributed by atoms with van der Waals surface area (Å²) in [5, 5.41) is 9.32. The van der Waals surface area contributed by atoms with Gasteiger partial charge in [0.2, 0.25) is 5.95 Å². The number of anilines is 1. The van der Waals surface area contributed by atoms with Crippen molar-refractivity contribution in [2.75, 3.05) is 5.32 Å². The molecule has 0 amide bonds. The highest BCUT2D eigenvalue weighted by Crippen LogP contribution is 2.22. The van der Waals surface area contributed by atoms with Crippen molar-refractivity contribution in [3.8, 4) is 0 Å². The van der Waals surface area contributed by atoms with E-state index in [0.29, 0.717) is 5.95 Å². The summed E-state index contributed by atoms with van der Waals surface area (Å²) in [7, 11) is 1.85. The molecule has 74 valence electrons. The maximum Gasteiger partial charge on any atom is 0.242 e. The molecule has 2 rings (SSSR count). The highest BCUT2D eigenvalue weighted by Gasteiger charge is 2.02. The van der Waals surface area contributed by atoms with Crippen LogP contribution in [-0.4, -0.2) is 14.8 Å². The summed E-state index contributed by atoms with van der Waals surface area (Å²) >= 11 is 5.17. The standard InChI is InChI=1S/C8H9BrN4S/c1-13-5-11-8(12-13)10-4-7-6(9)2-3-14-7/h2-3,5H,4H2,1H3,(H,10,12). The number of nitrogens with zero attached hydrogens (tertiary/aromatic N) is 3. The molecule has 1 N–H and O–H groups in total. The highest BCUT2D eigenvalue weighted by molar-refractivity contribution is 9.10. The Bertz CT molecular complexity index is 422. The summed E-state index contributed by atoms with van der Waals surface area (Å²) in [4.78, 5) is 5.32. The number of aryl methyl sites for hydroxylation is 1. The van der Waals surface area contributed by atoms with Crippen molar-refractivity contribution in [1.29, 1.82) is 0 Å². The normalized spacial score (nSPS) is 10.4. The molecule has 2 heterocycles. The SMILES string of the molecule is Cn1cnc(NCc2sccc2Br)n1. The molecule has 0 spiro atoms. The van der Waals surface area contributed by atoms with Crippen molar-refractivity contribution >= 4 is 33.2 Å². The van der Waals surface area contributed by atoms with Crippen LogP contribution < -0.4 is 5.32 Å². The molecule has 4 nitrogen and oxygen atoms in total. The Morgan fingerprint density at radius 2 is 2.50 bits per heavy atom. The lowest BCUT2D eigenvalue weighted by molar-refractivity contribution is 0.766. The Morgan fingerprint density at radius 3 is 3.07 bits per heavy atom. The van der Waals surface area contributed by atoms with Crippen molar-refractivity contribution < 1.29 is 0 Å². The predicted molar refractivity (Wildman–Crippen MR) is 60.3 cm³/mol. The van der Waals surface area contributed by atoms with E-state index in [0.717, 1.165) is 11.0 Å². The van der Waals surface area contributed by atoms with Gasteiger partial charge in [-0.15, -0.1) is 16.4 Å². The van der Waals surface area contributed by atoms with E-state index in [9.17, 15) is 0 Å².